The molecule has 37 heavy (non-hydrogen) atoms. The van der Waals surface area contributed by atoms with E-state index in [-0.39, 0.29) is 5.56 Å². The van der Waals surface area contributed by atoms with Gasteiger partial charge in [0.15, 0.2) is 0 Å². The lowest BCUT2D eigenvalue weighted by Gasteiger charge is -2.36. The van der Waals surface area contributed by atoms with Gasteiger partial charge in [0.2, 0.25) is 0 Å². The molecule has 192 valence electrons. The second-order valence-electron chi connectivity index (χ2n) is 9.14. The molecule has 3 aromatic carbocycles. The fourth-order valence-corrected chi connectivity index (χ4v) is 4.69. The third kappa shape index (κ3) is 5.61. The molecule has 2 N–H and O–H groups in total. The van der Waals surface area contributed by atoms with Crippen LogP contribution in [0.5, 0.6) is 0 Å². The minimum absolute atomic E-state index is 0.0128. The van der Waals surface area contributed by atoms with Crippen molar-refractivity contribution >= 4 is 28.2 Å². The van der Waals surface area contributed by atoms with Crippen LogP contribution in [0.25, 0.3) is 10.9 Å². The van der Waals surface area contributed by atoms with Crippen molar-refractivity contribution in [1.29, 1.82) is 0 Å². The Kier molecular flexibility index (Phi) is 6.88. The summed E-state index contributed by atoms with van der Waals surface area (Å²) in [5.74, 6) is -1.08. The number of hydrogen-bond donors (Lipinski definition) is 2. The van der Waals surface area contributed by atoms with E-state index in [0.717, 1.165) is 48.6 Å². The molecular formula is C28H26F4N4O. The third-order valence-electron chi connectivity index (χ3n) is 6.75. The lowest BCUT2D eigenvalue weighted by Crippen LogP contribution is -2.47. The van der Waals surface area contributed by atoms with Gasteiger partial charge in [-0.3, -0.25) is 9.69 Å². The summed E-state index contributed by atoms with van der Waals surface area (Å²) in [6.07, 6.45) is -1.63. The van der Waals surface area contributed by atoms with Crippen LogP contribution in [0.4, 0.5) is 28.9 Å². The number of H-pyrrole nitrogens is 1. The zero-order valence-corrected chi connectivity index (χ0v) is 20.0. The Hall–Kier alpha value is -3.85. The number of piperazine rings is 1. The van der Waals surface area contributed by atoms with Crippen LogP contribution in [0.1, 0.15) is 21.5 Å². The molecule has 0 radical (unpaired) electrons. The summed E-state index contributed by atoms with van der Waals surface area (Å²) in [6.45, 7) is 3.61. The Labute approximate surface area is 211 Å². The van der Waals surface area contributed by atoms with Gasteiger partial charge in [-0.05, 0) is 60.5 Å². The molecule has 4 aromatic rings. The van der Waals surface area contributed by atoms with Gasteiger partial charge in [0.1, 0.15) is 5.82 Å². The van der Waals surface area contributed by atoms with Gasteiger partial charge in [0, 0.05) is 61.2 Å². The molecule has 0 aliphatic carbocycles. The van der Waals surface area contributed by atoms with Crippen LogP contribution >= 0.6 is 0 Å². The van der Waals surface area contributed by atoms with Crippen LogP contribution in [0.3, 0.4) is 0 Å². The number of nitrogens with zero attached hydrogens (tertiary/aromatic N) is 2. The number of aromatic amines is 1. The molecule has 2 heterocycles. The summed E-state index contributed by atoms with van der Waals surface area (Å²) < 4.78 is 53.1. The fraction of sp³-hybridized carbons (Fsp3) is 0.250. The zero-order valence-electron chi connectivity index (χ0n) is 20.0. The Balaban J connectivity index is 1.20. The van der Waals surface area contributed by atoms with Crippen LogP contribution in [0.15, 0.2) is 72.9 Å². The molecule has 0 unspecified atom stereocenters. The summed E-state index contributed by atoms with van der Waals surface area (Å²) in [4.78, 5) is 20.0. The predicted molar refractivity (Wildman–Crippen MR) is 136 cm³/mol. The molecule has 1 aliphatic rings. The quantitative estimate of drug-likeness (QED) is 0.316. The van der Waals surface area contributed by atoms with Gasteiger partial charge in [0.05, 0.1) is 11.1 Å². The topological polar surface area (TPSA) is 51.4 Å². The molecule has 0 spiro atoms. The van der Waals surface area contributed by atoms with E-state index in [0.29, 0.717) is 24.5 Å². The lowest BCUT2D eigenvalue weighted by molar-refractivity contribution is -0.137. The molecule has 5 nitrogen and oxygen atoms in total. The van der Waals surface area contributed by atoms with Gasteiger partial charge < -0.3 is 15.2 Å². The van der Waals surface area contributed by atoms with E-state index in [4.69, 9.17) is 0 Å². The number of carbonyl (C=O) groups is 1. The molecular weight excluding hydrogens is 484 g/mol. The smallest absolute Gasteiger partial charge is 0.369 e. The molecule has 1 aromatic heterocycles. The van der Waals surface area contributed by atoms with Crippen molar-refractivity contribution in [1.82, 2.24) is 9.88 Å². The minimum Gasteiger partial charge on any atom is -0.369 e. The summed E-state index contributed by atoms with van der Waals surface area (Å²) in [7, 11) is 0. The van der Waals surface area contributed by atoms with Crippen LogP contribution in [-0.2, 0) is 12.6 Å². The van der Waals surface area contributed by atoms with Crippen LogP contribution in [-0.4, -0.2) is 48.5 Å². The fourth-order valence-electron chi connectivity index (χ4n) is 4.69. The molecule has 1 fully saturated rings. The summed E-state index contributed by atoms with van der Waals surface area (Å²) in [5.41, 5.74) is 2.57. The van der Waals surface area contributed by atoms with Gasteiger partial charge in [-0.2, -0.15) is 13.2 Å². The predicted octanol–water partition coefficient (Wildman–Crippen LogP) is 5.94. The van der Waals surface area contributed by atoms with Crippen molar-refractivity contribution in [2.24, 2.45) is 0 Å². The van der Waals surface area contributed by atoms with Crippen molar-refractivity contribution < 1.29 is 22.4 Å². The number of anilines is 2. The average Bonchev–Trinajstić information content (AvgIpc) is 3.30. The highest BCUT2D eigenvalue weighted by molar-refractivity contribution is 6.05. The molecule has 1 aliphatic heterocycles. The highest BCUT2D eigenvalue weighted by Crippen LogP contribution is 2.32. The van der Waals surface area contributed by atoms with E-state index in [1.165, 1.54) is 30.3 Å². The maximum Gasteiger partial charge on any atom is 0.416 e. The number of nitrogens with one attached hydrogen (secondary N) is 2. The molecule has 0 atom stereocenters. The average molecular weight is 511 g/mol. The summed E-state index contributed by atoms with van der Waals surface area (Å²) in [5, 5.41) is 3.75. The highest BCUT2D eigenvalue weighted by atomic mass is 19.4. The SMILES string of the molecule is O=C(Nc1ccc2[nH]cc(CCN3CCN(c4cccc(C(F)(F)F)c4)CC3)c2c1)c1ccccc1F. The van der Waals surface area contributed by atoms with E-state index in [2.05, 4.69) is 15.2 Å². The van der Waals surface area contributed by atoms with E-state index in [9.17, 15) is 22.4 Å². The Morgan fingerprint density at radius 3 is 2.49 bits per heavy atom. The number of amides is 1. The molecule has 1 amide bonds. The number of fused-ring (bicyclic) bond motifs is 1. The number of benzene rings is 3. The maximum absolute atomic E-state index is 14.0. The number of carbonyl (C=O) groups excluding carboxylic acids is 1. The van der Waals surface area contributed by atoms with Crippen LogP contribution < -0.4 is 10.2 Å². The summed E-state index contributed by atoms with van der Waals surface area (Å²) in [6, 6.07) is 16.9. The second-order valence-corrected chi connectivity index (χ2v) is 9.14. The summed E-state index contributed by atoms with van der Waals surface area (Å²) >= 11 is 0. The first-order valence-electron chi connectivity index (χ1n) is 12.1. The van der Waals surface area contributed by atoms with Gasteiger partial charge >= 0.3 is 6.18 Å². The number of rotatable bonds is 6. The number of alkyl halides is 3. The third-order valence-corrected chi connectivity index (χ3v) is 6.75. The van der Waals surface area contributed by atoms with E-state index >= 15 is 0 Å². The molecule has 1 saturated heterocycles. The Morgan fingerprint density at radius 2 is 1.73 bits per heavy atom. The van der Waals surface area contributed by atoms with Gasteiger partial charge in [-0.25, -0.2) is 4.39 Å². The van der Waals surface area contributed by atoms with Crippen LogP contribution in [0, 0.1) is 5.82 Å². The first kappa shape index (κ1) is 24.8. The first-order chi connectivity index (χ1) is 17.8. The van der Waals surface area contributed by atoms with Crippen molar-refractivity contribution in [2.75, 3.05) is 42.9 Å². The number of halogens is 4. The van der Waals surface area contributed by atoms with Gasteiger partial charge in [-0.15, -0.1) is 0 Å². The second kappa shape index (κ2) is 10.3. The Morgan fingerprint density at radius 1 is 0.946 bits per heavy atom. The van der Waals surface area contributed by atoms with Crippen molar-refractivity contribution in [3.05, 3.63) is 95.4 Å². The molecule has 0 saturated carbocycles. The number of hydrogen-bond acceptors (Lipinski definition) is 3. The molecule has 9 heteroatoms. The maximum atomic E-state index is 14.0. The molecule has 5 rings (SSSR count). The highest BCUT2D eigenvalue weighted by Gasteiger charge is 2.31. The van der Waals surface area contributed by atoms with Gasteiger partial charge in [0.25, 0.3) is 5.91 Å². The van der Waals surface area contributed by atoms with Gasteiger partial charge in [-0.1, -0.05) is 18.2 Å². The monoisotopic (exact) mass is 510 g/mol. The number of aromatic nitrogens is 1. The normalized spacial score (nSPS) is 14.8. The van der Waals surface area contributed by atoms with E-state index < -0.39 is 23.5 Å². The standard InChI is InChI=1S/C28H26F4N4O/c29-25-7-2-1-6-23(25)27(37)34-21-8-9-26-24(17-21)19(18-33-26)10-11-35-12-14-36(15-13-35)22-5-3-4-20(16-22)28(30,31)32/h1-9,16-18,33H,10-15H2,(H,34,37). The van der Waals surface area contributed by atoms with Crippen molar-refractivity contribution in [2.45, 2.75) is 12.6 Å². The molecule has 0 bridgehead atoms. The van der Waals surface area contributed by atoms with E-state index in [1.807, 2.05) is 23.2 Å². The van der Waals surface area contributed by atoms with Crippen molar-refractivity contribution in [3.8, 4) is 0 Å². The zero-order chi connectivity index (χ0) is 26.0. The van der Waals surface area contributed by atoms with E-state index in [1.54, 1.807) is 18.2 Å². The first-order valence-corrected chi connectivity index (χ1v) is 12.1. The Bertz CT molecular complexity index is 1410. The lowest BCUT2D eigenvalue weighted by atomic mass is 10.1. The largest absolute Gasteiger partial charge is 0.416 e. The minimum atomic E-state index is -4.35. The van der Waals surface area contributed by atoms with Crippen molar-refractivity contribution in [3.63, 3.8) is 0 Å². The van der Waals surface area contributed by atoms with Crippen LogP contribution in [0.2, 0.25) is 0 Å².